The number of esters is 1. The zero-order chi connectivity index (χ0) is 18.4. The molecule has 0 aliphatic heterocycles. The third-order valence-electron chi connectivity index (χ3n) is 3.62. The van der Waals surface area contributed by atoms with Crippen LogP contribution in [0.3, 0.4) is 0 Å². The van der Waals surface area contributed by atoms with E-state index in [0.29, 0.717) is 5.76 Å². The molecule has 25 heavy (non-hydrogen) atoms. The van der Waals surface area contributed by atoms with Crippen LogP contribution in [-0.2, 0) is 16.1 Å². The number of nitro groups is 1. The predicted octanol–water partition coefficient (Wildman–Crippen LogP) is 2.64. The van der Waals surface area contributed by atoms with Crippen molar-refractivity contribution in [3.05, 3.63) is 64.1 Å². The number of carbonyl (C=O) groups excluding carboxylic acids is 2. The van der Waals surface area contributed by atoms with Gasteiger partial charge in [-0.25, -0.2) is 0 Å². The van der Waals surface area contributed by atoms with Gasteiger partial charge in [0.1, 0.15) is 5.76 Å². The first kappa shape index (κ1) is 18.2. The second-order valence-corrected chi connectivity index (χ2v) is 5.50. The van der Waals surface area contributed by atoms with Gasteiger partial charge in [0.05, 0.1) is 30.8 Å². The second-order valence-electron chi connectivity index (χ2n) is 5.50. The van der Waals surface area contributed by atoms with Crippen LogP contribution in [0.25, 0.3) is 0 Å². The SMILES string of the molecule is COC(=O)C(C)CN(Cc1ccco1)C(=O)c1cccc([N+](=O)[O-])c1. The van der Waals surface area contributed by atoms with Crippen LogP contribution in [0.4, 0.5) is 5.69 Å². The Morgan fingerprint density at radius 1 is 1.32 bits per heavy atom. The zero-order valence-electron chi connectivity index (χ0n) is 13.9. The van der Waals surface area contributed by atoms with Crippen LogP contribution in [0.1, 0.15) is 23.0 Å². The Hall–Kier alpha value is -3.16. The van der Waals surface area contributed by atoms with Gasteiger partial charge in [0.15, 0.2) is 0 Å². The molecule has 1 amide bonds. The second kappa shape index (κ2) is 8.09. The molecule has 0 bridgehead atoms. The molecule has 8 heteroatoms. The van der Waals surface area contributed by atoms with Crippen molar-refractivity contribution in [2.24, 2.45) is 5.92 Å². The van der Waals surface area contributed by atoms with Gasteiger partial charge >= 0.3 is 5.97 Å². The van der Waals surface area contributed by atoms with Crippen LogP contribution in [0.2, 0.25) is 0 Å². The Bertz CT molecular complexity index is 756. The van der Waals surface area contributed by atoms with Gasteiger partial charge in [-0.1, -0.05) is 13.0 Å². The number of rotatable bonds is 7. The summed E-state index contributed by atoms with van der Waals surface area (Å²) < 4.78 is 9.96. The van der Waals surface area contributed by atoms with E-state index >= 15 is 0 Å². The van der Waals surface area contributed by atoms with Gasteiger partial charge in [0.25, 0.3) is 11.6 Å². The Balaban J connectivity index is 2.26. The number of benzene rings is 1. The molecule has 0 fully saturated rings. The van der Waals surface area contributed by atoms with E-state index < -0.39 is 22.7 Å². The Kier molecular flexibility index (Phi) is 5.89. The average molecular weight is 346 g/mol. The highest BCUT2D eigenvalue weighted by molar-refractivity contribution is 5.95. The van der Waals surface area contributed by atoms with E-state index in [1.165, 1.54) is 42.5 Å². The number of ether oxygens (including phenoxy) is 1. The molecule has 132 valence electrons. The van der Waals surface area contributed by atoms with E-state index in [4.69, 9.17) is 9.15 Å². The van der Waals surface area contributed by atoms with E-state index in [1.807, 2.05) is 0 Å². The summed E-state index contributed by atoms with van der Waals surface area (Å²) in [7, 11) is 1.28. The quantitative estimate of drug-likeness (QED) is 0.434. The molecule has 1 aromatic carbocycles. The van der Waals surface area contributed by atoms with Crippen molar-refractivity contribution in [2.75, 3.05) is 13.7 Å². The van der Waals surface area contributed by atoms with Crippen molar-refractivity contribution in [2.45, 2.75) is 13.5 Å². The number of nitro benzene ring substituents is 1. The lowest BCUT2D eigenvalue weighted by Gasteiger charge is -2.24. The largest absolute Gasteiger partial charge is 0.469 e. The Morgan fingerprint density at radius 3 is 2.68 bits per heavy atom. The molecule has 1 unspecified atom stereocenters. The number of furan rings is 1. The fourth-order valence-electron chi connectivity index (χ4n) is 2.35. The van der Waals surface area contributed by atoms with Crippen molar-refractivity contribution in [1.82, 2.24) is 4.90 Å². The van der Waals surface area contributed by atoms with Crippen LogP contribution in [-0.4, -0.2) is 35.4 Å². The van der Waals surface area contributed by atoms with E-state index in [-0.39, 0.29) is 24.3 Å². The topological polar surface area (TPSA) is 103 Å². The normalized spacial score (nSPS) is 11.6. The predicted molar refractivity (Wildman–Crippen MR) is 87.7 cm³/mol. The molecule has 2 rings (SSSR count). The van der Waals surface area contributed by atoms with Crippen molar-refractivity contribution in [3.63, 3.8) is 0 Å². The summed E-state index contributed by atoms with van der Waals surface area (Å²) in [5.41, 5.74) is -0.0114. The molecule has 0 saturated carbocycles. The molecule has 1 heterocycles. The van der Waals surface area contributed by atoms with Crippen molar-refractivity contribution in [1.29, 1.82) is 0 Å². The maximum atomic E-state index is 12.8. The maximum Gasteiger partial charge on any atom is 0.310 e. The minimum Gasteiger partial charge on any atom is -0.469 e. The fraction of sp³-hybridized carbons (Fsp3) is 0.294. The van der Waals surface area contributed by atoms with Gasteiger partial charge in [0, 0.05) is 24.2 Å². The van der Waals surface area contributed by atoms with E-state index in [2.05, 4.69) is 0 Å². The van der Waals surface area contributed by atoms with Crippen LogP contribution in [0.15, 0.2) is 47.1 Å². The molecule has 1 aromatic heterocycles. The standard InChI is InChI=1S/C17H18N2O6/c1-12(17(21)24-2)10-18(11-15-7-4-8-25-15)16(20)13-5-3-6-14(9-13)19(22)23/h3-9,12H,10-11H2,1-2H3. The molecule has 1 atom stereocenters. The number of nitrogens with zero attached hydrogens (tertiary/aromatic N) is 2. The molecule has 0 spiro atoms. The first-order chi connectivity index (χ1) is 11.9. The van der Waals surface area contributed by atoms with E-state index in [9.17, 15) is 19.7 Å². The number of hydrogen-bond donors (Lipinski definition) is 0. The number of methoxy groups -OCH3 is 1. The summed E-state index contributed by atoms with van der Waals surface area (Å²) in [6.45, 7) is 1.87. The highest BCUT2D eigenvalue weighted by atomic mass is 16.6. The Labute approximate surface area is 144 Å². The van der Waals surface area contributed by atoms with E-state index in [0.717, 1.165) is 0 Å². The average Bonchev–Trinajstić information content (AvgIpc) is 3.12. The number of carbonyl (C=O) groups is 2. The minimum atomic E-state index is -0.565. The van der Waals surface area contributed by atoms with Crippen LogP contribution in [0, 0.1) is 16.0 Å². The third kappa shape index (κ3) is 4.66. The van der Waals surface area contributed by atoms with E-state index in [1.54, 1.807) is 19.1 Å². The van der Waals surface area contributed by atoms with Gasteiger partial charge in [-0.3, -0.25) is 19.7 Å². The molecule has 0 saturated heterocycles. The maximum absolute atomic E-state index is 12.8. The summed E-state index contributed by atoms with van der Waals surface area (Å²) in [5, 5.41) is 10.9. The molecular weight excluding hydrogens is 328 g/mol. The summed E-state index contributed by atoms with van der Waals surface area (Å²) in [6, 6.07) is 8.85. The summed E-state index contributed by atoms with van der Waals surface area (Å²) >= 11 is 0. The monoisotopic (exact) mass is 346 g/mol. The number of hydrogen-bond acceptors (Lipinski definition) is 6. The van der Waals surface area contributed by atoms with Crippen LogP contribution in [0.5, 0.6) is 0 Å². The van der Waals surface area contributed by atoms with Gasteiger partial charge < -0.3 is 14.1 Å². The highest BCUT2D eigenvalue weighted by Crippen LogP contribution is 2.18. The molecule has 0 N–H and O–H groups in total. The number of non-ortho nitro benzene ring substituents is 1. The lowest BCUT2D eigenvalue weighted by atomic mass is 10.1. The smallest absolute Gasteiger partial charge is 0.310 e. The highest BCUT2D eigenvalue weighted by Gasteiger charge is 2.24. The summed E-state index contributed by atoms with van der Waals surface area (Å²) in [4.78, 5) is 36.2. The summed E-state index contributed by atoms with van der Waals surface area (Å²) in [5.74, 6) is -0.898. The van der Waals surface area contributed by atoms with Gasteiger partial charge in [-0.15, -0.1) is 0 Å². The van der Waals surface area contributed by atoms with Gasteiger partial charge in [0.2, 0.25) is 0 Å². The van der Waals surface area contributed by atoms with Crippen LogP contribution < -0.4 is 0 Å². The zero-order valence-corrected chi connectivity index (χ0v) is 13.9. The number of amides is 1. The molecule has 0 aliphatic rings. The third-order valence-corrected chi connectivity index (χ3v) is 3.62. The first-order valence-corrected chi connectivity index (χ1v) is 7.56. The molecular formula is C17H18N2O6. The van der Waals surface area contributed by atoms with Gasteiger partial charge in [-0.2, -0.15) is 0 Å². The minimum absolute atomic E-state index is 0.0922. The summed E-state index contributed by atoms with van der Waals surface area (Å²) in [6.07, 6.45) is 1.48. The molecule has 0 aliphatic carbocycles. The fourth-order valence-corrected chi connectivity index (χ4v) is 2.35. The van der Waals surface area contributed by atoms with Gasteiger partial charge in [-0.05, 0) is 18.2 Å². The lowest BCUT2D eigenvalue weighted by molar-refractivity contribution is -0.384. The Morgan fingerprint density at radius 2 is 2.08 bits per heavy atom. The molecule has 0 radical (unpaired) electrons. The molecule has 2 aromatic rings. The first-order valence-electron chi connectivity index (χ1n) is 7.56. The van der Waals surface area contributed by atoms with Crippen LogP contribution >= 0.6 is 0 Å². The lowest BCUT2D eigenvalue weighted by Crippen LogP contribution is -2.36. The van der Waals surface area contributed by atoms with Crippen molar-refractivity contribution < 1.29 is 23.7 Å². The van der Waals surface area contributed by atoms with Crippen molar-refractivity contribution in [3.8, 4) is 0 Å². The molecule has 8 nitrogen and oxygen atoms in total. The van der Waals surface area contributed by atoms with Crippen molar-refractivity contribution >= 4 is 17.6 Å².